The van der Waals surface area contributed by atoms with Crippen LogP contribution in [-0.2, 0) is 18.8 Å². The third kappa shape index (κ3) is 5.60. The van der Waals surface area contributed by atoms with Crippen molar-refractivity contribution in [3.05, 3.63) is 24.0 Å². The number of carbonyl (C=O) groups is 2. The van der Waals surface area contributed by atoms with E-state index in [1.54, 1.807) is 19.1 Å². The molecule has 2 atom stereocenters. The van der Waals surface area contributed by atoms with Gasteiger partial charge < -0.3 is 14.3 Å². The molecule has 1 aliphatic rings. The molecule has 5 nitrogen and oxygen atoms in total. The number of hydrogen-bond acceptors (Lipinski definition) is 5. The largest absolute Gasteiger partial charge is 0.512 e. The van der Waals surface area contributed by atoms with Crippen molar-refractivity contribution in [3.63, 3.8) is 0 Å². The van der Waals surface area contributed by atoms with E-state index in [9.17, 15) is 14.7 Å². The average molecular weight is 355 g/mol. The summed E-state index contributed by atoms with van der Waals surface area (Å²) in [6.07, 6.45) is 4.64. The van der Waals surface area contributed by atoms with Crippen LogP contribution >= 0.6 is 0 Å². The maximum atomic E-state index is 12.1. The van der Waals surface area contributed by atoms with Gasteiger partial charge in [0.05, 0.1) is 18.6 Å². The smallest absolute Gasteiger partial charge is 0.334 e. The quantitative estimate of drug-likeness (QED) is 0.326. The van der Waals surface area contributed by atoms with Crippen LogP contribution in [0.2, 0.25) is 18.1 Å². The first-order chi connectivity index (χ1) is 11.0. The van der Waals surface area contributed by atoms with Crippen LogP contribution in [0.1, 0.15) is 34.1 Å². The number of esters is 1. The van der Waals surface area contributed by atoms with Crippen molar-refractivity contribution in [1.29, 1.82) is 0 Å². The summed E-state index contributed by atoms with van der Waals surface area (Å²) >= 11 is 0. The maximum Gasteiger partial charge on any atom is 0.334 e. The van der Waals surface area contributed by atoms with Crippen LogP contribution in [0.5, 0.6) is 0 Å². The van der Waals surface area contributed by atoms with Crippen LogP contribution < -0.4 is 0 Å². The highest BCUT2D eigenvalue weighted by Crippen LogP contribution is 2.38. The predicted molar refractivity (Wildman–Crippen MR) is 96.2 cm³/mol. The third-order valence-electron chi connectivity index (χ3n) is 4.84. The van der Waals surface area contributed by atoms with Gasteiger partial charge in [-0.15, -0.1) is 0 Å². The molecule has 24 heavy (non-hydrogen) atoms. The summed E-state index contributed by atoms with van der Waals surface area (Å²) in [7, 11) is -1.94. The molecule has 0 saturated carbocycles. The molecule has 0 unspecified atom stereocenters. The predicted octanol–water partition coefficient (Wildman–Crippen LogP) is 3.77. The maximum absolute atomic E-state index is 12.1. The molecule has 136 valence electrons. The second-order valence-corrected chi connectivity index (χ2v) is 12.5. The van der Waals surface area contributed by atoms with Crippen molar-refractivity contribution in [3.8, 4) is 0 Å². The lowest BCUT2D eigenvalue weighted by Gasteiger charge is -2.37. The van der Waals surface area contributed by atoms with Gasteiger partial charge in [-0.05, 0) is 37.0 Å². The number of aliphatic hydroxyl groups excluding tert-OH is 1. The Morgan fingerprint density at radius 2 is 2.00 bits per heavy atom. The Labute approximate surface area is 145 Å². The van der Waals surface area contributed by atoms with E-state index < -0.39 is 14.3 Å². The van der Waals surface area contributed by atoms with Gasteiger partial charge in [0.15, 0.2) is 14.1 Å². The van der Waals surface area contributed by atoms with E-state index in [-0.39, 0.29) is 41.4 Å². The first-order valence-electron chi connectivity index (χ1n) is 8.40. The molecule has 0 heterocycles. The summed E-state index contributed by atoms with van der Waals surface area (Å²) in [6.45, 7) is 13.1. The second-order valence-electron chi connectivity index (χ2n) is 7.69. The second kappa shape index (κ2) is 8.12. The zero-order valence-corrected chi connectivity index (χ0v) is 16.6. The van der Waals surface area contributed by atoms with E-state index in [0.29, 0.717) is 6.61 Å². The number of carbonyl (C=O) groups excluding carboxylic acids is 2. The summed E-state index contributed by atoms with van der Waals surface area (Å²) in [5.74, 6) is -1.10. The summed E-state index contributed by atoms with van der Waals surface area (Å²) in [4.78, 5) is 23.5. The minimum absolute atomic E-state index is 0.0163. The number of allylic oxidation sites excluding steroid dienone is 3. The first kappa shape index (κ1) is 20.6. The van der Waals surface area contributed by atoms with Gasteiger partial charge in [-0.3, -0.25) is 4.79 Å². The van der Waals surface area contributed by atoms with Gasteiger partial charge in [0.1, 0.15) is 5.76 Å². The Balaban J connectivity index is 2.70. The standard InChI is InChI=1S/C18H30O5Si/c1-7-22-17(21)11-14(19)10-13-8-9-16(20)15(13)12-23-24(5,6)18(2,3)4/h8-9,11,13,15,19H,7,10,12H2,1-6H3/b14-11+/t13-,15-/m1/s1. The number of ketones is 1. The van der Waals surface area contributed by atoms with Crippen molar-refractivity contribution in [1.82, 2.24) is 0 Å². The summed E-state index contributed by atoms with van der Waals surface area (Å²) < 4.78 is 10.9. The van der Waals surface area contributed by atoms with Gasteiger partial charge in [0.2, 0.25) is 0 Å². The molecule has 0 aromatic carbocycles. The Hall–Kier alpha value is -1.40. The van der Waals surface area contributed by atoms with E-state index in [2.05, 4.69) is 33.9 Å². The Morgan fingerprint density at radius 3 is 2.54 bits per heavy atom. The fourth-order valence-corrected chi connectivity index (χ4v) is 3.27. The van der Waals surface area contributed by atoms with Crippen molar-refractivity contribution >= 4 is 20.1 Å². The Bertz CT molecular complexity index is 528. The molecule has 0 saturated heterocycles. The van der Waals surface area contributed by atoms with Crippen LogP contribution in [0, 0.1) is 11.8 Å². The van der Waals surface area contributed by atoms with Crippen molar-refractivity contribution < 1.29 is 23.9 Å². The lowest BCUT2D eigenvalue weighted by atomic mass is 9.92. The number of aliphatic hydroxyl groups is 1. The van der Waals surface area contributed by atoms with Crippen LogP contribution in [0.25, 0.3) is 0 Å². The molecule has 0 spiro atoms. The molecule has 0 fully saturated rings. The summed E-state index contributed by atoms with van der Waals surface area (Å²) in [5.41, 5.74) is 0. The zero-order valence-electron chi connectivity index (χ0n) is 15.6. The van der Waals surface area contributed by atoms with Gasteiger partial charge in [-0.1, -0.05) is 26.8 Å². The molecule has 1 N–H and O–H groups in total. The SMILES string of the molecule is CCOC(=O)/C=C(/O)C[C@H]1C=CC(=O)[C@@H]1CO[Si](C)(C)C(C)(C)C. The number of hydrogen-bond donors (Lipinski definition) is 1. The van der Waals surface area contributed by atoms with Gasteiger partial charge in [-0.25, -0.2) is 4.79 Å². The van der Waals surface area contributed by atoms with Crippen molar-refractivity contribution in [2.45, 2.75) is 52.2 Å². The summed E-state index contributed by atoms with van der Waals surface area (Å²) in [5, 5.41) is 10.0. The molecule has 1 rings (SSSR count). The molecule has 0 radical (unpaired) electrons. The average Bonchev–Trinajstić information content (AvgIpc) is 2.76. The molecule has 0 aliphatic heterocycles. The molecule has 0 bridgehead atoms. The highest BCUT2D eigenvalue weighted by Gasteiger charge is 2.39. The van der Waals surface area contributed by atoms with E-state index in [1.165, 1.54) is 0 Å². The van der Waals surface area contributed by atoms with Crippen molar-refractivity contribution in [2.24, 2.45) is 11.8 Å². The fourth-order valence-electron chi connectivity index (χ4n) is 2.24. The third-order valence-corrected chi connectivity index (χ3v) is 9.34. The molecule has 0 aromatic rings. The van der Waals surface area contributed by atoms with Crippen molar-refractivity contribution in [2.75, 3.05) is 13.2 Å². The van der Waals surface area contributed by atoms with E-state index in [0.717, 1.165) is 6.08 Å². The summed E-state index contributed by atoms with van der Waals surface area (Å²) in [6, 6.07) is 0. The van der Waals surface area contributed by atoms with Crippen LogP contribution in [-0.4, -0.2) is 38.4 Å². The molecule has 6 heteroatoms. The van der Waals surface area contributed by atoms with Crippen LogP contribution in [0.15, 0.2) is 24.0 Å². The first-order valence-corrected chi connectivity index (χ1v) is 11.3. The van der Waals surface area contributed by atoms with E-state index in [4.69, 9.17) is 9.16 Å². The minimum Gasteiger partial charge on any atom is -0.512 e. The molecule has 0 aromatic heterocycles. The van der Waals surface area contributed by atoms with Gasteiger partial charge in [-0.2, -0.15) is 0 Å². The highest BCUT2D eigenvalue weighted by molar-refractivity contribution is 6.74. The molecular weight excluding hydrogens is 324 g/mol. The Morgan fingerprint density at radius 1 is 1.38 bits per heavy atom. The zero-order chi connectivity index (χ0) is 18.5. The van der Waals surface area contributed by atoms with Crippen LogP contribution in [0.3, 0.4) is 0 Å². The highest BCUT2D eigenvalue weighted by atomic mass is 28.4. The van der Waals surface area contributed by atoms with Gasteiger partial charge in [0, 0.05) is 13.0 Å². The lowest BCUT2D eigenvalue weighted by Crippen LogP contribution is -2.43. The topological polar surface area (TPSA) is 72.8 Å². The number of ether oxygens (including phenoxy) is 1. The normalized spacial score (nSPS) is 22.1. The number of rotatable bonds is 7. The van der Waals surface area contributed by atoms with Gasteiger partial charge in [0.25, 0.3) is 0 Å². The lowest BCUT2D eigenvalue weighted by molar-refractivity contribution is -0.137. The van der Waals surface area contributed by atoms with Gasteiger partial charge >= 0.3 is 5.97 Å². The minimum atomic E-state index is -1.94. The molecule has 0 amide bonds. The molecule has 1 aliphatic carbocycles. The van der Waals surface area contributed by atoms with E-state index >= 15 is 0 Å². The monoisotopic (exact) mass is 354 g/mol. The molecular formula is C18H30O5Si. The van der Waals surface area contributed by atoms with E-state index in [1.807, 2.05) is 0 Å². The van der Waals surface area contributed by atoms with Crippen LogP contribution in [0.4, 0.5) is 0 Å². The Kier molecular flexibility index (Phi) is 6.98. The fraction of sp³-hybridized carbons (Fsp3) is 0.667.